The van der Waals surface area contributed by atoms with Crippen LogP contribution >= 0.6 is 15.9 Å². The van der Waals surface area contributed by atoms with Crippen LogP contribution in [0.25, 0.3) is 0 Å². The molecule has 2 rings (SSSR count). The maximum absolute atomic E-state index is 12.6. The first-order valence-corrected chi connectivity index (χ1v) is 6.87. The number of hydrogen-bond donors (Lipinski definition) is 1. The second-order valence-electron chi connectivity index (χ2n) is 4.82. The highest BCUT2D eigenvalue weighted by molar-refractivity contribution is 9.10. The number of nitrogens with two attached hydrogens (primary N) is 1. The summed E-state index contributed by atoms with van der Waals surface area (Å²) in [6.07, 6.45) is 0. The van der Waals surface area contributed by atoms with E-state index in [1.54, 1.807) is 12.1 Å². The molecular weight excluding hydrogens is 302 g/mol. The number of halogens is 1. The van der Waals surface area contributed by atoms with Gasteiger partial charge in [-0.2, -0.15) is 0 Å². The van der Waals surface area contributed by atoms with Crippen LogP contribution in [0.15, 0.2) is 34.8 Å². The molecule has 19 heavy (non-hydrogen) atoms. The molecule has 0 amide bonds. The average Bonchev–Trinajstić information content (AvgIpc) is 2.33. The first-order valence-electron chi connectivity index (χ1n) is 6.07. The van der Waals surface area contributed by atoms with Crippen LogP contribution < -0.4 is 5.73 Å². The Morgan fingerprint density at radius 2 is 1.58 bits per heavy atom. The number of ketones is 1. The third kappa shape index (κ3) is 2.71. The van der Waals surface area contributed by atoms with Gasteiger partial charge in [-0.1, -0.05) is 15.9 Å². The normalized spacial score (nSPS) is 10.5. The van der Waals surface area contributed by atoms with Gasteiger partial charge in [0.25, 0.3) is 0 Å². The lowest BCUT2D eigenvalue weighted by atomic mass is 9.94. The summed E-state index contributed by atoms with van der Waals surface area (Å²) in [7, 11) is 0. The van der Waals surface area contributed by atoms with E-state index in [4.69, 9.17) is 5.73 Å². The molecule has 0 saturated heterocycles. The van der Waals surface area contributed by atoms with Gasteiger partial charge in [0.15, 0.2) is 5.78 Å². The number of carbonyl (C=O) groups excluding carboxylic acids is 1. The zero-order valence-electron chi connectivity index (χ0n) is 11.3. The van der Waals surface area contributed by atoms with Crippen molar-refractivity contribution in [1.82, 2.24) is 0 Å². The Balaban J connectivity index is 2.53. The van der Waals surface area contributed by atoms with Crippen molar-refractivity contribution in [2.45, 2.75) is 20.8 Å². The number of aryl methyl sites for hydroxylation is 3. The molecule has 0 fully saturated rings. The van der Waals surface area contributed by atoms with E-state index in [1.165, 1.54) is 0 Å². The van der Waals surface area contributed by atoms with Crippen LogP contribution in [0.4, 0.5) is 5.69 Å². The fourth-order valence-corrected chi connectivity index (χ4v) is 2.57. The molecule has 0 unspecified atom stereocenters. The lowest BCUT2D eigenvalue weighted by molar-refractivity contribution is 0.103. The smallest absolute Gasteiger partial charge is 0.193 e. The Bertz CT molecular complexity index is 662. The van der Waals surface area contributed by atoms with Crippen LogP contribution in [0.3, 0.4) is 0 Å². The quantitative estimate of drug-likeness (QED) is 0.666. The van der Waals surface area contributed by atoms with E-state index in [9.17, 15) is 4.79 Å². The van der Waals surface area contributed by atoms with Crippen LogP contribution in [0.1, 0.15) is 32.6 Å². The molecule has 0 saturated carbocycles. The average molecular weight is 318 g/mol. The summed E-state index contributed by atoms with van der Waals surface area (Å²) in [6.45, 7) is 5.84. The number of benzene rings is 2. The van der Waals surface area contributed by atoms with Crippen LogP contribution in [0, 0.1) is 20.8 Å². The molecule has 98 valence electrons. The third-order valence-electron chi connectivity index (χ3n) is 3.25. The largest absolute Gasteiger partial charge is 0.399 e. The number of nitrogen functional groups attached to an aromatic ring is 1. The van der Waals surface area contributed by atoms with E-state index in [0.29, 0.717) is 11.3 Å². The van der Waals surface area contributed by atoms with Gasteiger partial charge in [0.05, 0.1) is 0 Å². The van der Waals surface area contributed by atoms with Crippen molar-refractivity contribution in [2.24, 2.45) is 0 Å². The Morgan fingerprint density at radius 1 is 0.947 bits per heavy atom. The summed E-state index contributed by atoms with van der Waals surface area (Å²) in [5.41, 5.74) is 10.8. The molecule has 0 spiro atoms. The fourth-order valence-electron chi connectivity index (χ4n) is 2.11. The van der Waals surface area contributed by atoms with Crippen molar-refractivity contribution in [3.8, 4) is 0 Å². The van der Waals surface area contributed by atoms with Gasteiger partial charge in [0.1, 0.15) is 0 Å². The highest BCUT2D eigenvalue weighted by atomic mass is 79.9. The minimum Gasteiger partial charge on any atom is -0.399 e. The van der Waals surface area contributed by atoms with Gasteiger partial charge < -0.3 is 5.73 Å². The van der Waals surface area contributed by atoms with Gasteiger partial charge in [-0.15, -0.1) is 0 Å². The van der Waals surface area contributed by atoms with E-state index in [-0.39, 0.29) is 5.78 Å². The van der Waals surface area contributed by atoms with Crippen LogP contribution in [0.5, 0.6) is 0 Å². The van der Waals surface area contributed by atoms with Gasteiger partial charge in [-0.05, 0) is 67.8 Å². The van der Waals surface area contributed by atoms with E-state index >= 15 is 0 Å². The second-order valence-corrected chi connectivity index (χ2v) is 5.67. The monoisotopic (exact) mass is 317 g/mol. The van der Waals surface area contributed by atoms with Crippen LogP contribution in [-0.2, 0) is 0 Å². The molecular formula is C16H16BrNO. The SMILES string of the molecule is Cc1cc(C(=O)c2ccc(N)cc2C)c(C)cc1Br. The summed E-state index contributed by atoms with van der Waals surface area (Å²) in [4.78, 5) is 12.6. The second kappa shape index (κ2) is 5.17. The molecule has 3 heteroatoms. The van der Waals surface area contributed by atoms with Crippen molar-refractivity contribution in [2.75, 3.05) is 5.73 Å². The maximum Gasteiger partial charge on any atom is 0.193 e. The number of hydrogen-bond acceptors (Lipinski definition) is 2. The number of anilines is 1. The van der Waals surface area contributed by atoms with Crippen molar-refractivity contribution in [1.29, 1.82) is 0 Å². The lowest BCUT2D eigenvalue weighted by Crippen LogP contribution is -2.07. The molecule has 2 N–H and O–H groups in total. The van der Waals surface area contributed by atoms with E-state index in [2.05, 4.69) is 15.9 Å². The van der Waals surface area contributed by atoms with Gasteiger partial charge in [0.2, 0.25) is 0 Å². The molecule has 0 radical (unpaired) electrons. The summed E-state index contributed by atoms with van der Waals surface area (Å²) in [5, 5.41) is 0. The molecule has 0 aliphatic rings. The van der Waals surface area contributed by atoms with Crippen LogP contribution in [0.2, 0.25) is 0 Å². The minimum atomic E-state index is 0.0469. The molecule has 0 bridgehead atoms. The molecule has 0 aromatic heterocycles. The summed E-state index contributed by atoms with van der Waals surface area (Å²) in [5.74, 6) is 0.0469. The lowest BCUT2D eigenvalue weighted by Gasteiger charge is -2.10. The van der Waals surface area contributed by atoms with Crippen LogP contribution in [-0.4, -0.2) is 5.78 Å². The molecule has 0 atom stereocenters. The minimum absolute atomic E-state index is 0.0469. The Kier molecular flexibility index (Phi) is 3.76. The number of carbonyl (C=O) groups is 1. The first-order chi connectivity index (χ1) is 8.90. The fraction of sp³-hybridized carbons (Fsp3) is 0.188. The van der Waals surface area contributed by atoms with E-state index in [1.807, 2.05) is 39.0 Å². The molecule has 0 aliphatic carbocycles. The third-order valence-corrected chi connectivity index (χ3v) is 4.10. The molecule has 2 aromatic carbocycles. The summed E-state index contributed by atoms with van der Waals surface area (Å²) < 4.78 is 1.02. The van der Waals surface area contributed by atoms with E-state index < -0.39 is 0 Å². The zero-order valence-corrected chi connectivity index (χ0v) is 12.8. The topological polar surface area (TPSA) is 43.1 Å². The molecule has 2 aromatic rings. The Labute approximate surface area is 121 Å². The van der Waals surface area contributed by atoms with Gasteiger partial charge in [-0.3, -0.25) is 4.79 Å². The Hall–Kier alpha value is -1.61. The molecule has 0 heterocycles. The van der Waals surface area contributed by atoms with Gasteiger partial charge in [0, 0.05) is 21.3 Å². The zero-order chi connectivity index (χ0) is 14.2. The maximum atomic E-state index is 12.6. The van der Waals surface area contributed by atoms with Crippen molar-refractivity contribution in [3.63, 3.8) is 0 Å². The van der Waals surface area contributed by atoms with Crippen molar-refractivity contribution in [3.05, 3.63) is 62.6 Å². The summed E-state index contributed by atoms with van der Waals surface area (Å²) >= 11 is 3.48. The predicted octanol–water partition coefficient (Wildman–Crippen LogP) is 4.19. The number of rotatable bonds is 2. The molecule has 0 aliphatic heterocycles. The highest BCUT2D eigenvalue weighted by Gasteiger charge is 2.15. The predicted molar refractivity (Wildman–Crippen MR) is 82.6 cm³/mol. The first kappa shape index (κ1) is 13.8. The Morgan fingerprint density at radius 3 is 2.21 bits per heavy atom. The van der Waals surface area contributed by atoms with E-state index in [0.717, 1.165) is 26.7 Å². The summed E-state index contributed by atoms with van der Waals surface area (Å²) in [6, 6.07) is 9.30. The highest BCUT2D eigenvalue weighted by Crippen LogP contribution is 2.24. The van der Waals surface area contributed by atoms with Crippen molar-refractivity contribution >= 4 is 27.4 Å². The standard InChI is InChI=1S/C16H16BrNO/c1-9-6-12(18)4-5-13(9)16(19)14-7-11(3)15(17)8-10(14)2/h4-8H,18H2,1-3H3. The molecule has 2 nitrogen and oxygen atoms in total. The van der Waals surface area contributed by atoms with Gasteiger partial charge in [-0.25, -0.2) is 0 Å². The van der Waals surface area contributed by atoms with Gasteiger partial charge >= 0.3 is 0 Å². The van der Waals surface area contributed by atoms with Crippen molar-refractivity contribution < 1.29 is 4.79 Å².